The smallest absolute Gasteiger partial charge is 0.252 e. The molecule has 1 amide bonds. The van der Waals surface area contributed by atoms with Crippen molar-refractivity contribution in [2.45, 2.75) is 18.9 Å². The zero-order chi connectivity index (χ0) is 17.9. The zero-order valence-corrected chi connectivity index (χ0v) is 14.3. The number of hydrogen-bond acceptors (Lipinski definition) is 5. The van der Waals surface area contributed by atoms with E-state index in [2.05, 4.69) is 25.8 Å². The summed E-state index contributed by atoms with van der Waals surface area (Å²) < 4.78 is 0. The molecule has 7 nitrogen and oxygen atoms in total. The summed E-state index contributed by atoms with van der Waals surface area (Å²) in [5.74, 6) is 0.634. The second-order valence-corrected chi connectivity index (χ2v) is 7.29. The maximum Gasteiger partial charge on any atom is 0.252 e. The van der Waals surface area contributed by atoms with Gasteiger partial charge in [0, 0.05) is 24.3 Å². The van der Waals surface area contributed by atoms with Gasteiger partial charge in [0.15, 0.2) is 5.65 Å². The molecule has 7 heteroatoms. The molecule has 2 unspecified atom stereocenters. The number of hydrogen-bond donors (Lipinski definition) is 4. The zero-order valence-electron chi connectivity index (χ0n) is 14.3. The number of nitrogens with one attached hydrogen (secondary N) is 3. The van der Waals surface area contributed by atoms with E-state index >= 15 is 0 Å². The van der Waals surface area contributed by atoms with E-state index < -0.39 is 0 Å². The quantitative estimate of drug-likeness (QED) is 0.577. The number of benzene rings is 1. The lowest BCUT2D eigenvalue weighted by Gasteiger charge is -2.15. The molecular weight excluding hydrogens is 330 g/mol. The topological polar surface area (TPSA) is 103 Å². The van der Waals surface area contributed by atoms with Crippen molar-refractivity contribution in [1.29, 1.82) is 0 Å². The highest BCUT2D eigenvalue weighted by Crippen LogP contribution is 2.46. The average molecular weight is 349 g/mol. The van der Waals surface area contributed by atoms with Crippen molar-refractivity contribution in [1.82, 2.24) is 25.8 Å². The number of aromatic amines is 1. The number of rotatable bonds is 3. The Kier molecular flexibility index (Phi) is 3.12. The Morgan fingerprint density at radius 2 is 2.15 bits per heavy atom. The van der Waals surface area contributed by atoms with Gasteiger partial charge in [-0.15, -0.1) is 0 Å². The summed E-state index contributed by atoms with van der Waals surface area (Å²) >= 11 is 0. The molecule has 132 valence electrons. The van der Waals surface area contributed by atoms with Gasteiger partial charge >= 0.3 is 0 Å². The number of amides is 1. The SMILES string of the molecule is Cc1[nH]nc2nc(-c3ccc(O)cc3)cc(C(=O)NC34CNCC3C4)c12. The van der Waals surface area contributed by atoms with Crippen LogP contribution in [-0.2, 0) is 0 Å². The molecule has 2 aromatic heterocycles. The van der Waals surface area contributed by atoms with Gasteiger partial charge in [0.25, 0.3) is 5.91 Å². The number of aromatic hydroxyl groups is 1. The molecule has 2 aliphatic rings. The Morgan fingerprint density at radius 3 is 2.85 bits per heavy atom. The number of phenolic OH excluding ortho intramolecular Hbond substituents is 1. The van der Waals surface area contributed by atoms with E-state index in [1.165, 1.54) is 0 Å². The molecule has 2 atom stereocenters. The fourth-order valence-electron chi connectivity index (χ4n) is 3.96. The number of aryl methyl sites for hydroxylation is 1. The molecule has 3 aromatic rings. The third-order valence-corrected chi connectivity index (χ3v) is 5.54. The summed E-state index contributed by atoms with van der Waals surface area (Å²) in [4.78, 5) is 17.7. The molecule has 5 rings (SSSR count). The third-order valence-electron chi connectivity index (χ3n) is 5.54. The summed E-state index contributed by atoms with van der Waals surface area (Å²) in [5.41, 5.74) is 3.31. The molecule has 0 radical (unpaired) electrons. The normalized spacial score (nSPS) is 23.8. The maximum atomic E-state index is 13.1. The van der Waals surface area contributed by atoms with Crippen LogP contribution in [0.2, 0.25) is 0 Å². The molecule has 0 spiro atoms. The molecule has 2 fully saturated rings. The van der Waals surface area contributed by atoms with Crippen molar-refractivity contribution in [2.75, 3.05) is 13.1 Å². The lowest BCUT2D eigenvalue weighted by molar-refractivity contribution is 0.0933. The Labute approximate surface area is 149 Å². The number of aromatic nitrogens is 3. The first-order valence-electron chi connectivity index (χ1n) is 8.74. The van der Waals surface area contributed by atoms with E-state index in [1.54, 1.807) is 24.3 Å². The summed E-state index contributed by atoms with van der Waals surface area (Å²) in [6, 6.07) is 8.58. The molecule has 0 bridgehead atoms. The second kappa shape index (κ2) is 5.28. The first kappa shape index (κ1) is 15.3. The molecule has 1 saturated heterocycles. The van der Waals surface area contributed by atoms with Crippen molar-refractivity contribution in [3.8, 4) is 17.0 Å². The minimum absolute atomic E-state index is 0.0897. The van der Waals surface area contributed by atoms with Crippen LogP contribution < -0.4 is 10.6 Å². The minimum Gasteiger partial charge on any atom is -0.508 e. The van der Waals surface area contributed by atoms with Crippen molar-refractivity contribution in [2.24, 2.45) is 5.92 Å². The van der Waals surface area contributed by atoms with Crippen molar-refractivity contribution in [3.05, 3.63) is 41.6 Å². The standard InChI is InChI=1S/C19H19N5O2/c1-10-16-14(18(26)22-19-7-12(19)8-20-9-19)6-15(21-17(16)24-23-10)11-2-4-13(25)5-3-11/h2-6,12,20,25H,7-9H2,1H3,(H,22,26)(H,21,23,24). The van der Waals surface area contributed by atoms with E-state index in [9.17, 15) is 9.90 Å². The Morgan fingerprint density at radius 1 is 1.35 bits per heavy atom. The van der Waals surface area contributed by atoms with E-state index in [-0.39, 0.29) is 17.2 Å². The summed E-state index contributed by atoms with van der Waals surface area (Å²) in [5, 5.41) is 24.0. The van der Waals surface area contributed by atoms with Crippen LogP contribution in [0.3, 0.4) is 0 Å². The van der Waals surface area contributed by atoms with Gasteiger partial charge in [0.2, 0.25) is 0 Å². The molecule has 1 aromatic carbocycles. The monoisotopic (exact) mass is 349 g/mol. The lowest BCUT2D eigenvalue weighted by atomic mass is 10.0. The van der Waals surface area contributed by atoms with Gasteiger partial charge in [-0.05, 0) is 49.6 Å². The van der Waals surface area contributed by atoms with Crippen molar-refractivity contribution >= 4 is 16.9 Å². The fraction of sp³-hybridized carbons (Fsp3) is 0.316. The van der Waals surface area contributed by atoms with Gasteiger partial charge < -0.3 is 15.7 Å². The number of piperidine rings is 1. The van der Waals surface area contributed by atoms with E-state index in [0.717, 1.165) is 36.2 Å². The summed E-state index contributed by atoms with van der Waals surface area (Å²) in [7, 11) is 0. The molecule has 3 heterocycles. The van der Waals surface area contributed by atoms with Gasteiger partial charge in [-0.1, -0.05) is 0 Å². The lowest BCUT2D eigenvalue weighted by Crippen LogP contribution is -2.41. The van der Waals surface area contributed by atoms with Crippen LogP contribution in [0, 0.1) is 12.8 Å². The maximum absolute atomic E-state index is 13.1. The Hall–Kier alpha value is -2.93. The number of phenols is 1. The van der Waals surface area contributed by atoms with Gasteiger partial charge in [-0.25, -0.2) is 4.98 Å². The molecule has 26 heavy (non-hydrogen) atoms. The van der Waals surface area contributed by atoms with E-state index in [0.29, 0.717) is 22.8 Å². The molecule has 1 saturated carbocycles. The molecule has 1 aliphatic carbocycles. The number of carbonyl (C=O) groups is 1. The number of nitrogens with zero attached hydrogens (tertiary/aromatic N) is 2. The second-order valence-electron chi connectivity index (χ2n) is 7.29. The van der Waals surface area contributed by atoms with Crippen LogP contribution in [0.15, 0.2) is 30.3 Å². The Balaban J connectivity index is 1.59. The average Bonchev–Trinajstić information content (AvgIpc) is 2.96. The fourth-order valence-corrected chi connectivity index (χ4v) is 3.96. The summed E-state index contributed by atoms with van der Waals surface area (Å²) in [6.07, 6.45) is 1.04. The number of carbonyl (C=O) groups excluding carboxylic acids is 1. The van der Waals surface area contributed by atoms with Crippen molar-refractivity contribution in [3.63, 3.8) is 0 Å². The molecule has 4 N–H and O–H groups in total. The van der Waals surface area contributed by atoms with Gasteiger partial charge in [0.05, 0.1) is 22.2 Å². The van der Waals surface area contributed by atoms with Crippen LogP contribution in [-0.4, -0.2) is 44.8 Å². The van der Waals surface area contributed by atoms with Crippen LogP contribution in [0.1, 0.15) is 22.5 Å². The minimum atomic E-state index is -0.0942. The predicted molar refractivity (Wildman–Crippen MR) is 96.9 cm³/mol. The molecular formula is C19H19N5O2. The van der Waals surface area contributed by atoms with Gasteiger partial charge in [-0.2, -0.15) is 5.10 Å². The Bertz CT molecular complexity index is 1030. The first-order chi connectivity index (χ1) is 12.6. The van der Waals surface area contributed by atoms with E-state index in [4.69, 9.17) is 0 Å². The van der Waals surface area contributed by atoms with Crippen LogP contribution in [0.5, 0.6) is 5.75 Å². The number of fused-ring (bicyclic) bond motifs is 2. The predicted octanol–water partition coefficient (Wildman–Crippen LogP) is 1.73. The number of H-pyrrole nitrogens is 1. The highest BCUT2D eigenvalue weighted by molar-refractivity contribution is 6.07. The highest BCUT2D eigenvalue weighted by Gasteiger charge is 2.58. The summed E-state index contributed by atoms with van der Waals surface area (Å²) in [6.45, 7) is 3.69. The van der Waals surface area contributed by atoms with Crippen LogP contribution in [0.25, 0.3) is 22.3 Å². The van der Waals surface area contributed by atoms with Gasteiger partial charge in [0.1, 0.15) is 5.75 Å². The van der Waals surface area contributed by atoms with E-state index in [1.807, 2.05) is 13.0 Å². The van der Waals surface area contributed by atoms with Crippen LogP contribution in [0.4, 0.5) is 0 Å². The number of pyridine rings is 1. The molecule has 1 aliphatic heterocycles. The van der Waals surface area contributed by atoms with Crippen LogP contribution >= 0.6 is 0 Å². The first-order valence-corrected chi connectivity index (χ1v) is 8.74. The van der Waals surface area contributed by atoms with Gasteiger partial charge in [-0.3, -0.25) is 9.89 Å². The third kappa shape index (κ3) is 2.28. The largest absolute Gasteiger partial charge is 0.508 e. The van der Waals surface area contributed by atoms with Crippen molar-refractivity contribution < 1.29 is 9.90 Å². The highest BCUT2D eigenvalue weighted by atomic mass is 16.3.